The van der Waals surface area contributed by atoms with Crippen LogP contribution in [0.15, 0.2) is 22.6 Å². The Hall–Kier alpha value is -1.27. The average Bonchev–Trinajstić information content (AvgIpc) is 2.57. The van der Waals surface area contributed by atoms with E-state index in [2.05, 4.69) is 32.8 Å². The number of benzene rings is 1. The van der Waals surface area contributed by atoms with Gasteiger partial charge in [0.1, 0.15) is 5.52 Å². The number of aryl methyl sites for hydroxylation is 1. The molecular weight excluding hydrogens is 254 g/mol. The van der Waals surface area contributed by atoms with Gasteiger partial charge in [-0.25, -0.2) is 4.98 Å². The molecule has 2 rings (SSSR count). The van der Waals surface area contributed by atoms with Crippen LogP contribution in [0.25, 0.3) is 11.1 Å². The van der Waals surface area contributed by atoms with Crippen molar-refractivity contribution in [3.05, 3.63) is 29.7 Å². The van der Waals surface area contributed by atoms with E-state index in [9.17, 15) is 0 Å². The summed E-state index contributed by atoms with van der Waals surface area (Å²) < 4.78 is 5.38. The van der Waals surface area contributed by atoms with Gasteiger partial charge in [0.15, 0.2) is 11.5 Å². The molecule has 0 spiro atoms. The molecule has 0 atom stereocenters. The summed E-state index contributed by atoms with van der Waals surface area (Å²) in [5.41, 5.74) is 2.67. The second-order valence-corrected chi connectivity index (χ2v) is 3.95. The van der Waals surface area contributed by atoms with Gasteiger partial charge in [-0.15, -0.1) is 0 Å². The SMILES string of the molecule is Cc1nc2cc(C#CCCBr)ccc2o1. The number of oxazole rings is 1. The van der Waals surface area contributed by atoms with Gasteiger partial charge in [-0.05, 0) is 18.2 Å². The van der Waals surface area contributed by atoms with Gasteiger partial charge in [0.25, 0.3) is 0 Å². The first-order valence-electron chi connectivity index (χ1n) is 4.71. The molecule has 0 aliphatic rings. The third kappa shape index (κ3) is 2.40. The van der Waals surface area contributed by atoms with E-state index < -0.39 is 0 Å². The normalized spacial score (nSPS) is 10.0. The smallest absolute Gasteiger partial charge is 0.192 e. The van der Waals surface area contributed by atoms with Crippen LogP contribution in [0.4, 0.5) is 0 Å². The first kappa shape index (κ1) is 10.3. The molecule has 1 aromatic heterocycles. The zero-order valence-corrected chi connectivity index (χ0v) is 9.97. The summed E-state index contributed by atoms with van der Waals surface area (Å²) >= 11 is 3.34. The largest absolute Gasteiger partial charge is 0.441 e. The minimum absolute atomic E-state index is 0.690. The number of hydrogen-bond donors (Lipinski definition) is 0. The Bertz CT molecular complexity index is 533. The summed E-state index contributed by atoms with van der Waals surface area (Å²) in [5, 5.41) is 0.908. The molecule has 3 heteroatoms. The number of aromatic nitrogens is 1. The van der Waals surface area contributed by atoms with Crippen molar-refractivity contribution >= 4 is 27.0 Å². The van der Waals surface area contributed by atoms with Crippen molar-refractivity contribution < 1.29 is 4.42 Å². The lowest BCUT2D eigenvalue weighted by atomic mass is 10.2. The standard InChI is InChI=1S/C12H10BrNO/c1-9-14-11-8-10(4-2-3-7-13)5-6-12(11)15-9/h5-6,8H,3,7H2,1H3. The lowest BCUT2D eigenvalue weighted by Crippen LogP contribution is -1.75. The highest BCUT2D eigenvalue weighted by atomic mass is 79.9. The first-order valence-corrected chi connectivity index (χ1v) is 5.84. The molecule has 0 radical (unpaired) electrons. The highest BCUT2D eigenvalue weighted by Crippen LogP contribution is 2.16. The molecule has 0 saturated carbocycles. The Labute approximate surface area is 96.8 Å². The quantitative estimate of drug-likeness (QED) is 0.583. The van der Waals surface area contributed by atoms with Crippen LogP contribution in [0.1, 0.15) is 17.9 Å². The number of nitrogens with zero attached hydrogens (tertiary/aromatic N) is 1. The van der Waals surface area contributed by atoms with E-state index in [1.54, 1.807) is 0 Å². The summed E-state index contributed by atoms with van der Waals surface area (Å²) in [7, 11) is 0. The maximum Gasteiger partial charge on any atom is 0.192 e. The van der Waals surface area contributed by atoms with Gasteiger partial charge < -0.3 is 4.42 Å². The van der Waals surface area contributed by atoms with Crippen LogP contribution in [0, 0.1) is 18.8 Å². The lowest BCUT2D eigenvalue weighted by molar-refractivity contribution is 0.561. The van der Waals surface area contributed by atoms with E-state index in [0.29, 0.717) is 5.89 Å². The van der Waals surface area contributed by atoms with Gasteiger partial charge in [0.05, 0.1) is 0 Å². The highest BCUT2D eigenvalue weighted by molar-refractivity contribution is 9.09. The van der Waals surface area contributed by atoms with Crippen LogP contribution in [-0.4, -0.2) is 10.3 Å². The van der Waals surface area contributed by atoms with E-state index >= 15 is 0 Å². The number of alkyl halides is 1. The van der Waals surface area contributed by atoms with Gasteiger partial charge in [-0.3, -0.25) is 0 Å². The summed E-state index contributed by atoms with van der Waals surface area (Å²) in [6.45, 7) is 1.84. The van der Waals surface area contributed by atoms with Crippen LogP contribution in [-0.2, 0) is 0 Å². The van der Waals surface area contributed by atoms with Gasteiger partial charge in [-0.1, -0.05) is 27.8 Å². The fourth-order valence-electron chi connectivity index (χ4n) is 1.33. The van der Waals surface area contributed by atoms with Crippen molar-refractivity contribution in [2.75, 3.05) is 5.33 Å². The number of fused-ring (bicyclic) bond motifs is 1. The molecule has 0 aliphatic heterocycles. The van der Waals surface area contributed by atoms with Crippen molar-refractivity contribution in [1.82, 2.24) is 4.98 Å². The molecule has 0 aliphatic carbocycles. The van der Waals surface area contributed by atoms with E-state index in [4.69, 9.17) is 4.42 Å². The Kier molecular flexibility index (Phi) is 3.08. The molecule has 2 aromatic rings. The second kappa shape index (κ2) is 4.50. The first-order chi connectivity index (χ1) is 7.29. The molecule has 0 unspecified atom stereocenters. The van der Waals surface area contributed by atoms with E-state index in [-0.39, 0.29) is 0 Å². The van der Waals surface area contributed by atoms with Crippen LogP contribution in [0.2, 0.25) is 0 Å². The number of halogens is 1. The van der Waals surface area contributed by atoms with Crippen LogP contribution in [0.3, 0.4) is 0 Å². The van der Waals surface area contributed by atoms with Gasteiger partial charge >= 0.3 is 0 Å². The zero-order chi connectivity index (χ0) is 10.7. The molecule has 0 amide bonds. The topological polar surface area (TPSA) is 26.0 Å². The highest BCUT2D eigenvalue weighted by Gasteiger charge is 2.01. The summed E-state index contributed by atoms with van der Waals surface area (Å²) in [5.74, 6) is 6.84. The second-order valence-electron chi connectivity index (χ2n) is 3.16. The van der Waals surface area contributed by atoms with Gasteiger partial charge in [0, 0.05) is 24.2 Å². The summed E-state index contributed by atoms with van der Waals surface area (Å²) in [6.07, 6.45) is 0.857. The molecule has 76 valence electrons. The van der Waals surface area contributed by atoms with E-state index in [1.165, 1.54) is 0 Å². The minimum Gasteiger partial charge on any atom is -0.441 e. The van der Waals surface area contributed by atoms with Gasteiger partial charge in [-0.2, -0.15) is 0 Å². The Balaban J connectivity index is 2.35. The van der Waals surface area contributed by atoms with Crippen molar-refractivity contribution in [3.63, 3.8) is 0 Å². The monoisotopic (exact) mass is 263 g/mol. The Morgan fingerprint density at radius 1 is 1.47 bits per heavy atom. The van der Waals surface area contributed by atoms with E-state index in [0.717, 1.165) is 28.4 Å². The summed E-state index contributed by atoms with van der Waals surface area (Å²) in [4.78, 5) is 4.26. The van der Waals surface area contributed by atoms with Crippen LogP contribution in [0.5, 0.6) is 0 Å². The lowest BCUT2D eigenvalue weighted by Gasteiger charge is -1.88. The average molecular weight is 264 g/mol. The van der Waals surface area contributed by atoms with Crippen molar-refractivity contribution in [2.24, 2.45) is 0 Å². The van der Waals surface area contributed by atoms with Crippen LogP contribution < -0.4 is 0 Å². The number of hydrogen-bond acceptors (Lipinski definition) is 2. The van der Waals surface area contributed by atoms with Crippen molar-refractivity contribution in [1.29, 1.82) is 0 Å². The maximum absolute atomic E-state index is 5.38. The van der Waals surface area contributed by atoms with Gasteiger partial charge in [0.2, 0.25) is 0 Å². The zero-order valence-electron chi connectivity index (χ0n) is 8.38. The van der Waals surface area contributed by atoms with Crippen molar-refractivity contribution in [3.8, 4) is 11.8 Å². The van der Waals surface area contributed by atoms with Crippen molar-refractivity contribution in [2.45, 2.75) is 13.3 Å². The summed E-state index contributed by atoms with van der Waals surface area (Å²) in [6, 6.07) is 5.81. The fourth-order valence-corrected chi connectivity index (χ4v) is 1.53. The molecule has 0 bridgehead atoms. The molecule has 0 N–H and O–H groups in total. The molecule has 2 nitrogen and oxygen atoms in total. The molecule has 0 saturated heterocycles. The molecule has 15 heavy (non-hydrogen) atoms. The fraction of sp³-hybridized carbons (Fsp3) is 0.250. The minimum atomic E-state index is 0.690. The molecule has 1 aromatic carbocycles. The Morgan fingerprint density at radius 2 is 2.33 bits per heavy atom. The predicted octanol–water partition coefficient (Wildman–Crippen LogP) is 3.27. The molecular formula is C12H10BrNO. The third-order valence-electron chi connectivity index (χ3n) is 1.95. The Morgan fingerprint density at radius 3 is 3.13 bits per heavy atom. The molecule has 1 heterocycles. The maximum atomic E-state index is 5.38. The predicted molar refractivity (Wildman–Crippen MR) is 64.0 cm³/mol. The molecule has 0 fully saturated rings. The number of rotatable bonds is 1. The van der Waals surface area contributed by atoms with E-state index in [1.807, 2.05) is 25.1 Å². The van der Waals surface area contributed by atoms with Crippen LogP contribution >= 0.6 is 15.9 Å². The third-order valence-corrected chi connectivity index (χ3v) is 2.34.